The number of amides is 1. The molecule has 0 aromatic carbocycles. The maximum atomic E-state index is 12.3. The fourth-order valence-corrected chi connectivity index (χ4v) is 4.22. The average molecular weight is 280 g/mol. The summed E-state index contributed by atoms with van der Waals surface area (Å²) in [5.74, 6) is 0.685. The second kappa shape index (κ2) is 6.02. The smallest absolute Gasteiger partial charge is 0.236 e. The Hall–Kier alpha value is -0.610. The fraction of sp³-hybridized carbons (Fsp3) is 0.938. The summed E-state index contributed by atoms with van der Waals surface area (Å²) >= 11 is 0. The van der Waals surface area contributed by atoms with Gasteiger partial charge in [0.25, 0.3) is 0 Å². The number of nitrogens with zero attached hydrogens (tertiary/aromatic N) is 2. The standard InChI is InChI=1S/C16H28N2O2/c19-15(18-9-4-1-5-10-18)13-17-11-8-16(20)7-3-2-6-14(16)12-17/h14,20H,1-13H2. The second-order valence-electron chi connectivity index (χ2n) is 6.97. The Morgan fingerprint density at radius 3 is 2.65 bits per heavy atom. The van der Waals surface area contributed by atoms with Gasteiger partial charge in [0.1, 0.15) is 0 Å². The highest BCUT2D eigenvalue weighted by atomic mass is 16.3. The van der Waals surface area contributed by atoms with Crippen LogP contribution >= 0.6 is 0 Å². The van der Waals surface area contributed by atoms with Crippen molar-refractivity contribution in [2.75, 3.05) is 32.7 Å². The van der Waals surface area contributed by atoms with Gasteiger partial charge in [-0.15, -0.1) is 0 Å². The lowest BCUT2D eigenvalue weighted by Crippen LogP contribution is -2.55. The third kappa shape index (κ3) is 3.01. The summed E-state index contributed by atoms with van der Waals surface area (Å²) in [5.41, 5.74) is -0.428. The first kappa shape index (κ1) is 14.3. The topological polar surface area (TPSA) is 43.8 Å². The predicted octanol–water partition coefficient (Wildman–Crippen LogP) is 1.63. The van der Waals surface area contributed by atoms with E-state index < -0.39 is 5.60 Å². The highest BCUT2D eigenvalue weighted by Gasteiger charge is 2.43. The lowest BCUT2D eigenvalue weighted by Gasteiger charge is -2.47. The van der Waals surface area contributed by atoms with Gasteiger partial charge in [0.2, 0.25) is 5.91 Å². The minimum absolute atomic E-state index is 0.297. The monoisotopic (exact) mass is 280 g/mol. The van der Waals surface area contributed by atoms with Gasteiger partial charge < -0.3 is 10.0 Å². The molecule has 2 atom stereocenters. The number of fused-ring (bicyclic) bond motifs is 1. The summed E-state index contributed by atoms with van der Waals surface area (Å²) < 4.78 is 0. The molecule has 0 aromatic rings. The molecule has 4 heteroatoms. The van der Waals surface area contributed by atoms with Gasteiger partial charge in [0, 0.05) is 32.1 Å². The van der Waals surface area contributed by atoms with Crippen LogP contribution in [0.4, 0.5) is 0 Å². The van der Waals surface area contributed by atoms with Gasteiger partial charge in [0.15, 0.2) is 0 Å². The third-order valence-corrected chi connectivity index (χ3v) is 5.58. The van der Waals surface area contributed by atoms with Gasteiger partial charge in [-0.1, -0.05) is 12.8 Å². The maximum Gasteiger partial charge on any atom is 0.236 e. The van der Waals surface area contributed by atoms with E-state index in [9.17, 15) is 9.90 Å². The molecule has 0 spiro atoms. The van der Waals surface area contributed by atoms with Crippen LogP contribution in [0.3, 0.4) is 0 Å². The molecule has 0 bridgehead atoms. The molecule has 2 unspecified atom stereocenters. The van der Waals surface area contributed by atoms with E-state index in [0.29, 0.717) is 18.4 Å². The number of carbonyl (C=O) groups is 1. The van der Waals surface area contributed by atoms with Crippen LogP contribution in [-0.2, 0) is 4.79 Å². The van der Waals surface area contributed by atoms with E-state index in [1.807, 2.05) is 4.90 Å². The van der Waals surface area contributed by atoms with Crippen molar-refractivity contribution in [2.24, 2.45) is 5.92 Å². The molecule has 4 nitrogen and oxygen atoms in total. The summed E-state index contributed by atoms with van der Waals surface area (Å²) in [6.45, 7) is 4.25. The molecule has 1 N–H and O–H groups in total. The van der Waals surface area contributed by atoms with Crippen molar-refractivity contribution in [1.29, 1.82) is 0 Å². The van der Waals surface area contributed by atoms with Crippen LogP contribution in [0.25, 0.3) is 0 Å². The molecule has 1 amide bonds. The Kier molecular flexibility index (Phi) is 4.32. The van der Waals surface area contributed by atoms with E-state index in [1.54, 1.807) is 0 Å². The summed E-state index contributed by atoms with van der Waals surface area (Å²) in [6.07, 6.45) is 8.94. The van der Waals surface area contributed by atoms with Crippen molar-refractivity contribution >= 4 is 5.91 Å². The Morgan fingerprint density at radius 2 is 1.85 bits per heavy atom. The molecule has 1 saturated carbocycles. The van der Waals surface area contributed by atoms with Crippen LogP contribution in [0, 0.1) is 5.92 Å². The van der Waals surface area contributed by atoms with Gasteiger partial charge in [-0.3, -0.25) is 9.69 Å². The molecule has 2 saturated heterocycles. The zero-order valence-corrected chi connectivity index (χ0v) is 12.5. The molecular weight excluding hydrogens is 252 g/mol. The van der Waals surface area contributed by atoms with E-state index in [2.05, 4.69) is 4.90 Å². The molecule has 3 rings (SSSR count). The molecular formula is C16H28N2O2. The summed E-state index contributed by atoms with van der Waals surface area (Å²) in [5, 5.41) is 10.7. The van der Waals surface area contributed by atoms with E-state index in [1.165, 1.54) is 19.3 Å². The van der Waals surface area contributed by atoms with Crippen molar-refractivity contribution in [2.45, 2.75) is 57.0 Å². The number of aliphatic hydroxyl groups is 1. The largest absolute Gasteiger partial charge is 0.390 e. The Labute approximate surface area is 122 Å². The lowest BCUT2D eigenvalue weighted by atomic mass is 9.71. The van der Waals surface area contributed by atoms with Crippen LogP contribution in [-0.4, -0.2) is 59.1 Å². The van der Waals surface area contributed by atoms with Crippen molar-refractivity contribution in [3.05, 3.63) is 0 Å². The van der Waals surface area contributed by atoms with Crippen molar-refractivity contribution in [3.8, 4) is 0 Å². The van der Waals surface area contributed by atoms with Gasteiger partial charge in [-0.25, -0.2) is 0 Å². The zero-order valence-electron chi connectivity index (χ0n) is 12.5. The number of carbonyl (C=O) groups excluding carboxylic acids is 1. The first-order chi connectivity index (χ1) is 9.67. The molecule has 2 heterocycles. The SMILES string of the molecule is O=C(CN1CCC2(O)CCCCC2C1)N1CCCCC1. The molecule has 2 aliphatic heterocycles. The first-order valence-electron chi connectivity index (χ1n) is 8.40. The van der Waals surface area contributed by atoms with Crippen molar-refractivity contribution < 1.29 is 9.90 Å². The molecule has 3 fully saturated rings. The number of likely N-dealkylation sites (tertiary alicyclic amines) is 2. The zero-order chi connectivity index (χ0) is 14.0. The minimum atomic E-state index is -0.428. The molecule has 114 valence electrons. The number of hydrogen-bond acceptors (Lipinski definition) is 3. The summed E-state index contributed by atoms with van der Waals surface area (Å²) in [4.78, 5) is 16.6. The minimum Gasteiger partial charge on any atom is -0.390 e. The van der Waals surface area contributed by atoms with Crippen LogP contribution in [0.15, 0.2) is 0 Å². The molecule has 0 aromatic heterocycles. The normalized spacial score (nSPS) is 35.6. The molecule has 3 aliphatic rings. The first-order valence-corrected chi connectivity index (χ1v) is 8.40. The second-order valence-corrected chi connectivity index (χ2v) is 6.97. The van der Waals surface area contributed by atoms with E-state index in [-0.39, 0.29) is 0 Å². The molecule has 20 heavy (non-hydrogen) atoms. The van der Waals surface area contributed by atoms with Crippen LogP contribution < -0.4 is 0 Å². The van der Waals surface area contributed by atoms with E-state index in [4.69, 9.17) is 0 Å². The van der Waals surface area contributed by atoms with E-state index >= 15 is 0 Å². The van der Waals surface area contributed by atoms with Crippen LogP contribution in [0.1, 0.15) is 51.4 Å². The van der Waals surface area contributed by atoms with Crippen LogP contribution in [0.5, 0.6) is 0 Å². The Bertz CT molecular complexity index is 354. The quantitative estimate of drug-likeness (QED) is 0.836. The van der Waals surface area contributed by atoms with Gasteiger partial charge >= 0.3 is 0 Å². The van der Waals surface area contributed by atoms with Gasteiger partial charge in [0.05, 0.1) is 12.1 Å². The van der Waals surface area contributed by atoms with Crippen LogP contribution in [0.2, 0.25) is 0 Å². The summed E-state index contributed by atoms with van der Waals surface area (Å²) in [6, 6.07) is 0. The van der Waals surface area contributed by atoms with E-state index in [0.717, 1.165) is 58.3 Å². The Morgan fingerprint density at radius 1 is 1.05 bits per heavy atom. The van der Waals surface area contributed by atoms with Crippen molar-refractivity contribution in [1.82, 2.24) is 9.80 Å². The van der Waals surface area contributed by atoms with Crippen molar-refractivity contribution in [3.63, 3.8) is 0 Å². The highest BCUT2D eigenvalue weighted by molar-refractivity contribution is 5.78. The van der Waals surface area contributed by atoms with Gasteiger partial charge in [-0.05, 0) is 38.5 Å². The molecule has 1 aliphatic carbocycles. The lowest BCUT2D eigenvalue weighted by molar-refractivity contribution is -0.137. The number of piperidine rings is 2. The average Bonchev–Trinajstić information content (AvgIpc) is 2.48. The van der Waals surface area contributed by atoms with Gasteiger partial charge in [-0.2, -0.15) is 0 Å². The predicted molar refractivity (Wildman–Crippen MR) is 78.4 cm³/mol. The summed E-state index contributed by atoms with van der Waals surface area (Å²) in [7, 11) is 0. The maximum absolute atomic E-state index is 12.3. The third-order valence-electron chi connectivity index (χ3n) is 5.58. The Balaban J connectivity index is 1.52. The molecule has 0 radical (unpaired) electrons. The number of hydrogen-bond donors (Lipinski definition) is 1. The fourth-order valence-electron chi connectivity index (χ4n) is 4.22. The number of rotatable bonds is 2. The highest BCUT2D eigenvalue weighted by Crippen LogP contribution is 2.39.